The predicted octanol–water partition coefficient (Wildman–Crippen LogP) is 6.70. The van der Waals surface area contributed by atoms with Gasteiger partial charge in [0, 0.05) is 6.42 Å². The standard InChI is InChI=1S/C31H52NO9P/c1-2-3-4-5-6-7-8-9-10-11-12-13-14-15-19-22-30(33)39-25-28(24-38-23-27-20-17-16-18-21-27)41-42(36,37)40-26-29(32)31(34)35/h9-10,16-18,20-21,28-29H,2-8,11-15,19,22-26,32H2,1H3,(H,34,35)(H,36,37)/b10-9-/t28-,29-/m0/s1. The van der Waals surface area contributed by atoms with Crippen molar-refractivity contribution in [2.75, 3.05) is 19.8 Å². The highest BCUT2D eigenvalue weighted by molar-refractivity contribution is 7.47. The third-order valence-corrected chi connectivity index (χ3v) is 7.54. The fraction of sp³-hybridized carbons (Fsp3) is 0.677. The molecule has 0 bridgehead atoms. The van der Waals surface area contributed by atoms with Gasteiger partial charge >= 0.3 is 19.8 Å². The third kappa shape index (κ3) is 21.6. The number of hydrogen-bond acceptors (Lipinski definition) is 8. The van der Waals surface area contributed by atoms with Crippen molar-refractivity contribution in [2.24, 2.45) is 5.73 Å². The third-order valence-electron chi connectivity index (χ3n) is 6.50. The summed E-state index contributed by atoms with van der Waals surface area (Å²) in [5.41, 5.74) is 6.20. The number of rotatable bonds is 27. The molecule has 1 aromatic rings. The highest BCUT2D eigenvalue weighted by Crippen LogP contribution is 2.44. The number of carbonyl (C=O) groups excluding carboxylic acids is 1. The van der Waals surface area contributed by atoms with Crippen molar-refractivity contribution in [2.45, 2.75) is 116 Å². The van der Waals surface area contributed by atoms with E-state index in [0.717, 1.165) is 37.7 Å². The fourth-order valence-electron chi connectivity index (χ4n) is 4.05. The van der Waals surface area contributed by atoms with Gasteiger partial charge in [0.25, 0.3) is 0 Å². The number of allylic oxidation sites excluding steroid dienone is 2. The van der Waals surface area contributed by atoms with Crippen molar-refractivity contribution >= 4 is 19.8 Å². The lowest BCUT2D eigenvalue weighted by Crippen LogP contribution is -2.35. The molecule has 10 nitrogen and oxygen atoms in total. The molecule has 1 unspecified atom stereocenters. The number of benzene rings is 1. The zero-order chi connectivity index (χ0) is 30.9. The van der Waals surface area contributed by atoms with Crippen LogP contribution in [0.4, 0.5) is 0 Å². The molecule has 0 saturated carbocycles. The van der Waals surface area contributed by atoms with E-state index in [1.807, 2.05) is 30.3 Å². The summed E-state index contributed by atoms with van der Waals surface area (Å²) in [5, 5.41) is 8.84. The van der Waals surface area contributed by atoms with Gasteiger partial charge < -0.3 is 25.2 Å². The van der Waals surface area contributed by atoms with Gasteiger partial charge in [0.1, 0.15) is 18.8 Å². The molecule has 4 N–H and O–H groups in total. The van der Waals surface area contributed by atoms with E-state index < -0.39 is 38.5 Å². The normalized spacial score (nSPS) is 14.5. The number of carboxylic acid groups (broad SMARTS) is 1. The molecule has 0 amide bonds. The number of nitrogens with two attached hydrogens (primary N) is 1. The molecule has 42 heavy (non-hydrogen) atoms. The van der Waals surface area contributed by atoms with E-state index in [-0.39, 0.29) is 26.2 Å². The number of unbranched alkanes of at least 4 members (excludes halogenated alkanes) is 11. The fourth-order valence-corrected chi connectivity index (χ4v) is 4.96. The monoisotopic (exact) mass is 613 g/mol. The average molecular weight is 614 g/mol. The maximum atomic E-state index is 12.3. The molecule has 0 aliphatic heterocycles. The van der Waals surface area contributed by atoms with E-state index in [1.165, 1.54) is 44.9 Å². The van der Waals surface area contributed by atoms with Gasteiger partial charge in [-0.05, 0) is 37.7 Å². The number of carbonyl (C=O) groups is 2. The lowest BCUT2D eigenvalue weighted by molar-refractivity contribution is -0.148. The summed E-state index contributed by atoms with van der Waals surface area (Å²) in [7, 11) is -4.69. The lowest BCUT2D eigenvalue weighted by Gasteiger charge is -2.21. The molecule has 0 aromatic heterocycles. The second-order valence-corrected chi connectivity index (χ2v) is 11.9. The first kappa shape index (κ1) is 38.0. The van der Waals surface area contributed by atoms with Gasteiger partial charge in [0.15, 0.2) is 0 Å². The molecule has 0 fully saturated rings. The topological polar surface area (TPSA) is 155 Å². The van der Waals surface area contributed by atoms with Crippen LogP contribution in [0.3, 0.4) is 0 Å². The second kappa shape index (κ2) is 24.4. The molecule has 0 radical (unpaired) electrons. The maximum Gasteiger partial charge on any atom is 0.472 e. The summed E-state index contributed by atoms with van der Waals surface area (Å²) in [6.07, 6.45) is 18.8. The first-order valence-electron chi connectivity index (χ1n) is 15.3. The number of esters is 1. The number of ether oxygens (including phenoxy) is 2. The lowest BCUT2D eigenvalue weighted by atomic mass is 10.1. The Hall–Kier alpha value is -2.07. The first-order valence-corrected chi connectivity index (χ1v) is 16.8. The van der Waals surface area contributed by atoms with Crippen LogP contribution in [0, 0.1) is 0 Å². The van der Waals surface area contributed by atoms with E-state index in [9.17, 15) is 19.0 Å². The van der Waals surface area contributed by atoms with Crippen LogP contribution in [0.5, 0.6) is 0 Å². The van der Waals surface area contributed by atoms with Crippen molar-refractivity contribution in [3.63, 3.8) is 0 Å². The van der Waals surface area contributed by atoms with E-state index in [1.54, 1.807) is 0 Å². The van der Waals surface area contributed by atoms with Gasteiger partial charge in [0.2, 0.25) is 0 Å². The Morgan fingerprint density at radius 1 is 0.881 bits per heavy atom. The zero-order valence-electron chi connectivity index (χ0n) is 25.2. The van der Waals surface area contributed by atoms with E-state index in [0.29, 0.717) is 6.42 Å². The van der Waals surface area contributed by atoms with Crippen LogP contribution >= 0.6 is 7.82 Å². The van der Waals surface area contributed by atoms with E-state index >= 15 is 0 Å². The summed E-state index contributed by atoms with van der Waals surface area (Å²) in [6.45, 7) is 1.24. The molecular formula is C31H52NO9P. The number of hydrogen-bond donors (Lipinski definition) is 3. The summed E-state index contributed by atoms with van der Waals surface area (Å²) < 4.78 is 33.0. The quantitative estimate of drug-likeness (QED) is 0.0423. The van der Waals surface area contributed by atoms with Crippen molar-refractivity contribution in [1.29, 1.82) is 0 Å². The SMILES string of the molecule is CCCCCCCC/C=C\CCCCCCCC(=O)OC[C@H](COCc1ccccc1)OP(=O)(O)OC[C@H](N)C(=O)O. The molecule has 1 aromatic carbocycles. The minimum Gasteiger partial charge on any atom is -0.480 e. The zero-order valence-corrected chi connectivity index (χ0v) is 26.1. The molecule has 0 saturated heterocycles. The van der Waals surface area contributed by atoms with Gasteiger partial charge in [-0.15, -0.1) is 0 Å². The number of phosphoric ester groups is 1. The molecule has 0 heterocycles. The molecule has 1 rings (SSSR count). The Morgan fingerprint density at radius 2 is 1.48 bits per heavy atom. The molecular weight excluding hydrogens is 561 g/mol. The minimum absolute atomic E-state index is 0.158. The predicted molar refractivity (Wildman–Crippen MR) is 163 cm³/mol. The van der Waals surface area contributed by atoms with E-state index in [2.05, 4.69) is 19.1 Å². The highest BCUT2D eigenvalue weighted by atomic mass is 31.2. The number of carboxylic acids is 1. The van der Waals surface area contributed by atoms with Gasteiger partial charge in [0.05, 0.1) is 19.8 Å². The first-order chi connectivity index (χ1) is 20.2. The summed E-state index contributed by atoms with van der Waals surface area (Å²) in [5.74, 6) is -1.83. The molecule has 240 valence electrons. The molecule has 0 aliphatic carbocycles. The summed E-state index contributed by atoms with van der Waals surface area (Å²) in [6, 6.07) is 7.79. The highest BCUT2D eigenvalue weighted by Gasteiger charge is 2.29. The van der Waals surface area contributed by atoms with Crippen molar-refractivity contribution < 1.29 is 42.7 Å². The van der Waals surface area contributed by atoms with Crippen LogP contribution in [0.1, 0.15) is 102 Å². The van der Waals surface area contributed by atoms with Gasteiger partial charge in [-0.3, -0.25) is 18.6 Å². The van der Waals surface area contributed by atoms with E-state index in [4.69, 9.17) is 29.4 Å². The van der Waals surface area contributed by atoms with Crippen LogP contribution < -0.4 is 5.73 Å². The largest absolute Gasteiger partial charge is 0.480 e. The van der Waals surface area contributed by atoms with Crippen LogP contribution in [0.2, 0.25) is 0 Å². The molecule has 0 spiro atoms. The molecule has 3 atom stereocenters. The number of phosphoric acid groups is 1. The van der Waals surface area contributed by atoms with Crippen molar-refractivity contribution in [1.82, 2.24) is 0 Å². The Morgan fingerprint density at radius 3 is 2.10 bits per heavy atom. The Bertz CT molecular complexity index is 913. The van der Waals surface area contributed by atoms with Crippen LogP contribution in [0.15, 0.2) is 42.5 Å². The summed E-state index contributed by atoms with van der Waals surface area (Å²) >= 11 is 0. The number of aliphatic carboxylic acids is 1. The maximum absolute atomic E-state index is 12.3. The van der Waals surface area contributed by atoms with Crippen LogP contribution in [0.25, 0.3) is 0 Å². The van der Waals surface area contributed by atoms with Gasteiger partial charge in [-0.25, -0.2) is 4.57 Å². The van der Waals surface area contributed by atoms with Gasteiger partial charge in [-0.1, -0.05) is 101 Å². The summed E-state index contributed by atoms with van der Waals surface area (Å²) in [4.78, 5) is 33.1. The minimum atomic E-state index is -4.69. The van der Waals surface area contributed by atoms with Crippen molar-refractivity contribution in [3.05, 3.63) is 48.0 Å². The van der Waals surface area contributed by atoms with Crippen LogP contribution in [-0.4, -0.2) is 53.9 Å². The van der Waals surface area contributed by atoms with Crippen LogP contribution in [-0.2, 0) is 39.3 Å². The Labute approximate surface area is 251 Å². The van der Waals surface area contributed by atoms with Gasteiger partial charge in [-0.2, -0.15) is 0 Å². The Kier molecular flexibility index (Phi) is 22.0. The molecule has 11 heteroatoms. The smallest absolute Gasteiger partial charge is 0.472 e. The molecule has 0 aliphatic rings. The second-order valence-electron chi connectivity index (χ2n) is 10.5. The average Bonchev–Trinajstić information content (AvgIpc) is 2.97. The van der Waals surface area contributed by atoms with Crippen molar-refractivity contribution in [3.8, 4) is 0 Å². The Balaban J connectivity index is 2.28.